The second-order valence-corrected chi connectivity index (χ2v) is 8.75. The average molecular weight is 490 g/mol. The minimum absolute atomic E-state index is 0.0373. The Labute approximate surface area is 198 Å². The van der Waals surface area contributed by atoms with Crippen LogP contribution >= 0.6 is 34.8 Å². The summed E-state index contributed by atoms with van der Waals surface area (Å²) in [6.45, 7) is 0. The van der Waals surface area contributed by atoms with Gasteiger partial charge in [-0.2, -0.15) is 0 Å². The molecular formula is C23H15Cl3N2O4. The monoisotopic (exact) mass is 488 g/mol. The van der Waals surface area contributed by atoms with Gasteiger partial charge in [0.2, 0.25) is 5.91 Å². The molecule has 0 unspecified atom stereocenters. The predicted molar refractivity (Wildman–Crippen MR) is 122 cm³/mol. The van der Waals surface area contributed by atoms with Crippen molar-refractivity contribution in [1.29, 1.82) is 0 Å². The van der Waals surface area contributed by atoms with Crippen LogP contribution in [-0.2, 0) is 14.4 Å². The van der Waals surface area contributed by atoms with Crippen molar-refractivity contribution in [1.82, 2.24) is 0 Å². The molecule has 2 heterocycles. The number of halogens is 3. The number of para-hydroxylation sites is 1. The van der Waals surface area contributed by atoms with E-state index in [1.54, 1.807) is 48.5 Å². The Hall–Kier alpha value is -2.77. The maximum atomic E-state index is 13.5. The van der Waals surface area contributed by atoms with Gasteiger partial charge in [-0.3, -0.25) is 14.4 Å². The topological polar surface area (TPSA) is 70.1 Å². The van der Waals surface area contributed by atoms with E-state index in [0.29, 0.717) is 16.4 Å². The van der Waals surface area contributed by atoms with Gasteiger partial charge in [-0.25, -0.2) is 9.96 Å². The number of nitrogens with zero attached hydrogens (tertiary/aromatic N) is 2. The number of phenolic OH excluding ortho intramolecular Hbond substituents is 1. The zero-order chi connectivity index (χ0) is 22.6. The number of rotatable bonds is 3. The predicted octanol–water partition coefficient (Wildman–Crippen LogP) is 5.40. The lowest BCUT2D eigenvalue weighted by Crippen LogP contribution is -2.37. The van der Waals surface area contributed by atoms with E-state index >= 15 is 0 Å². The minimum atomic E-state index is -1.08. The van der Waals surface area contributed by atoms with Gasteiger partial charge in [-0.15, -0.1) is 0 Å². The molecule has 0 aromatic heterocycles. The molecule has 0 aliphatic carbocycles. The normalized spacial score (nSPS) is 22.5. The first-order valence-corrected chi connectivity index (χ1v) is 10.8. The summed E-state index contributed by atoms with van der Waals surface area (Å²) < 4.78 is 0. The summed E-state index contributed by atoms with van der Waals surface area (Å²) in [5.74, 6) is -2.12. The first-order chi connectivity index (χ1) is 15.4. The highest BCUT2D eigenvalue weighted by molar-refractivity contribution is 6.35. The summed E-state index contributed by atoms with van der Waals surface area (Å²) in [5.41, 5.74) is 1.29. The van der Waals surface area contributed by atoms with Crippen LogP contribution in [0.15, 0.2) is 66.7 Å². The number of hydroxylamine groups is 1. The van der Waals surface area contributed by atoms with Crippen molar-refractivity contribution >= 4 is 58.0 Å². The number of carbonyl (C=O) groups excluding carboxylic acids is 2. The molecule has 3 atom stereocenters. The minimum Gasteiger partial charge on any atom is -0.506 e. The lowest BCUT2D eigenvalue weighted by molar-refractivity contribution is -0.126. The van der Waals surface area contributed by atoms with Crippen molar-refractivity contribution in [2.45, 2.75) is 12.1 Å². The van der Waals surface area contributed by atoms with E-state index in [4.69, 9.17) is 39.6 Å². The fourth-order valence-electron chi connectivity index (χ4n) is 4.19. The highest BCUT2D eigenvalue weighted by atomic mass is 35.5. The van der Waals surface area contributed by atoms with Crippen LogP contribution in [0.25, 0.3) is 0 Å². The maximum Gasteiger partial charge on any atom is 0.266 e. The molecule has 2 fully saturated rings. The van der Waals surface area contributed by atoms with E-state index in [0.717, 1.165) is 4.90 Å². The van der Waals surface area contributed by atoms with Crippen molar-refractivity contribution in [3.63, 3.8) is 0 Å². The summed E-state index contributed by atoms with van der Waals surface area (Å²) in [7, 11) is 0. The van der Waals surface area contributed by atoms with Gasteiger partial charge in [0.15, 0.2) is 6.10 Å². The second-order valence-electron chi connectivity index (χ2n) is 7.47. The summed E-state index contributed by atoms with van der Waals surface area (Å²) in [4.78, 5) is 33.9. The van der Waals surface area contributed by atoms with Crippen molar-refractivity contribution in [2.24, 2.45) is 5.92 Å². The summed E-state index contributed by atoms with van der Waals surface area (Å²) >= 11 is 18.3. The van der Waals surface area contributed by atoms with Crippen LogP contribution in [-0.4, -0.2) is 23.0 Å². The Morgan fingerprint density at radius 1 is 0.812 bits per heavy atom. The van der Waals surface area contributed by atoms with E-state index in [1.165, 1.54) is 17.2 Å². The Morgan fingerprint density at radius 3 is 2.19 bits per heavy atom. The number of fused-ring (bicyclic) bond motifs is 1. The third-order valence-corrected chi connectivity index (χ3v) is 6.35. The van der Waals surface area contributed by atoms with Crippen LogP contribution in [0, 0.1) is 5.92 Å². The van der Waals surface area contributed by atoms with E-state index in [9.17, 15) is 14.7 Å². The third-order valence-electron chi connectivity index (χ3n) is 5.59. The number of anilines is 2. The number of amides is 2. The first kappa shape index (κ1) is 21.1. The standard InChI is InChI=1S/C23H15Cl3N2O4/c24-12-6-8-14(9-7-12)27-22(30)18-19(16-10-13(25)11-17(26)20(16)29)28(32-21(18)23(27)31)15-4-2-1-3-5-15/h1-11,18-19,21,29H/t18-,19+,21+/m1/s1. The third kappa shape index (κ3) is 3.31. The zero-order valence-electron chi connectivity index (χ0n) is 16.3. The van der Waals surface area contributed by atoms with E-state index in [1.807, 2.05) is 6.07 Å². The van der Waals surface area contributed by atoms with Gasteiger partial charge in [-0.05, 0) is 48.5 Å². The molecule has 5 rings (SSSR count). The van der Waals surface area contributed by atoms with Gasteiger partial charge in [0.05, 0.1) is 22.4 Å². The Bertz CT molecular complexity index is 1220. The van der Waals surface area contributed by atoms with Gasteiger partial charge < -0.3 is 5.11 Å². The fraction of sp³-hybridized carbons (Fsp3) is 0.130. The molecular weight excluding hydrogens is 475 g/mol. The highest BCUT2D eigenvalue weighted by Crippen LogP contribution is 2.50. The van der Waals surface area contributed by atoms with E-state index in [2.05, 4.69) is 0 Å². The van der Waals surface area contributed by atoms with E-state index < -0.39 is 29.9 Å². The highest BCUT2D eigenvalue weighted by Gasteiger charge is 2.60. The quantitative estimate of drug-likeness (QED) is 0.499. The van der Waals surface area contributed by atoms with Crippen molar-refractivity contribution in [3.8, 4) is 5.75 Å². The lowest BCUT2D eigenvalue weighted by atomic mass is 9.90. The molecule has 2 saturated heterocycles. The number of hydrogen-bond acceptors (Lipinski definition) is 5. The van der Waals surface area contributed by atoms with Crippen LogP contribution in [0.5, 0.6) is 5.75 Å². The molecule has 9 heteroatoms. The largest absolute Gasteiger partial charge is 0.506 e. The maximum absolute atomic E-state index is 13.5. The molecule has 0 saturated carbocycles. The van der Waals surface area contributed by atoms with Crippen molar-refractivity contribution < 1.29 is 19.5 Å². The molecule has 3 aromatic carbocycles. The Morgan fingerprint density at radius 2 is 1.50 bits per heavy atom. The summed E-state index contributed by atoms with van der Waals surface area (Å²) in [5, 5.41) is 13.0. The Kier molecular flexibility index (Phi) is 5.26. The van der Waals surface area contributed by atoms with E-state index in [-0.39, 0.29) is 21.4 Å². The number of imide groups is 1. The van der Waals surface area contributed by atoms with Crippen molar-refractivity contribution in [3.05, 3.63) is 87.4 Å². The number of aromatic hydroxyl groups is 1. The lowest BCUT2D eigenvalue weighted by Gasteiger charge is -2.29. The van der Waals surface area contributed by atoms with Crippen molar-refractivity contribution in [2.75, 3.05) is 9.96 Å². The van der Waals surface area contributed by atoms with Crippen LogP contribution in [0.2, 0.25) is 15.1 Å². The number of phenols is 1. The molecule has 2 aliphatic rings. The number of hydrogen-bond donors (Lipinski definition) is 1. The smallest absolute Gasteiger partial charge is 0.266 e. The second kappa shape index (κ2) is 7.98. The molecule has 3 aromatic rings. The molecule has 1 N–H and O–H groups in total. The summed E-state index contributed by atoms with van der Waals surface area (Å²) in [6.07, 6.45) is -1.08. The SMILES string of the molecule is O=C1[C@H]2[C@H](ON(c3ccccc3)[C@H]2c2cc(Cl)cc(Cl)c2O)C(=O)N1c1ccc(Cl)cc1. The molecule has 0 spiro atoms. The fourth-order valence-corrected chi connectivity index (χ4v) is 4.82. The molecule has 162 valence electrons. The summed E-state index contributed by atoms with van der Waals surface area (Å²) in [6, 6.07) is 17.5. The van der Waals surface area contributed by atoms with Gasteiger partial charge >= 0.3 is 0 Å². The van der Waals surface area contributed by atoms with Crippen LogP contribution in [0.1, 0.15) is 11.6 Å². The molecule has 6 nitrogen and oxygen atoms in total. The van der Waals surface area contributed by atoms with Crippen LogP contribution in [0.3, 0.4) is 0 Å². The van der Waals surface area contributed by atoms with Crippen LogP contribution < -0.4 is 9.96 Å². The molecule has 2 amide bonds. The molecule has 2 aliphatic heterocycles. The number of benzene rings is 3. The van der Waals surface area contributed by atoms with Gasteiger partial charge in [0, 0.05) is 15.6 Å². The van der Waals surface area contributed by atoms with Gasteiger partial charge in [-0.1, -0.05) is 53.0 Å². The molecule has 32 heavy (non-hydrogen) atoms. The average Bonchev–Trinajstić information content (AvgIpc) is 3.28. The Balaban J connectivity index is 1.64. The number of carbonyl (C=O) groups is 2. The van der Waals surface area contributed by atoms with Gasteiger partial charge in [0.25, 0.3) is 5.91 Å². The van der Waals surface area contributed by atoms with Crippen LogP contribution in [0.4, 0.5) is 11.4 Å². The molecule has 0 bridgehead atoms. The molecule has 0 radical (unpaired) electrons. The van der Waals surface area contributed by atoms with Gasteiger partial charge in [0.1, 0.15) is 11.7 Å². The first-order valence-electron chi connectivity index (χ1n) is 9.69. The zero-order valence-corrected chi connectivity index (χ0v) is 18.6.